The number of rotatable bonds is 3. The Bertz CT molecular complexity index is 171. The van der Waals surface area contributed by atoms with Crippen LogP contribution in [0.1, 0.15) is 12.8 Å². The Kier molecular flexibility index (Phi) is 3.29. The molecule has 1 aliphatic rings. The zero-order valence-corrected chi connectivity index (χ0v) is 7.82. The first kappa shape index (κ1) is 9.74. The van der Waals surface area contributed by atoms with Gasteiger partial charge in [-0.1, -0.05) is 0 Å². The standard InChI is InChI=1S/C6H13O5P/c1-9-12(7,8)11-5-6-3-2-4-10-6/h5,7-8,12H,2-4H2,1H3/b6-5+. The first-order valence-corrected chi connectivity index (χ1v) is 5.35. The summed E-state index contributed by atoms with van der Waals surface area (Å²) in [7, 11) is -2.72. The fourth-order valence-corrected chi connectivity index (χ4v) is 1.19. The van der Waals surface area contributed by atoms with Gasteiger partial charge in [-0.15, -0.1) is 0 Å². The van der Waals surface area contributed by atoms with Gasteiger partial charge in [0.1, 0.15) is 0 Å². The van der Waals surface area contributed by atoms with Crippen molar-refractivity contribution in [3.8, 4) is 0 Å². The van der Waals surface area contributed by atoms with Gasteiger partial charge in [0, 0.05) is 0 Å². The molecule has 0 amide bonds. The van der Waals surface area contributed by atoms with E-state index in [1.165, 1.54) is 13.4 Å². The van der Waals surface area contributed by atoms with Gasteiger partial charge in [0.05, 0.1) is 0 Å². The summed E-state index contributed by atoms with van der Waals surface area (Å²) in [5.74, 6) is 0.632. The van der Waals surface area contributed by atoms with E-state index >= 15 is 0 Å². The summed E-state index contributed by atoms with van der Waals surface area (Å²) in [6.07, 6.45) is 2.92. The van der Waals surface area contributed by atoms with Crippen molar-refractivity contribution in [2.24, 2.45) is 0 Å². The van der Waals surface area contributed by atoms with E-state index in [-0.39, 0.29) is 0 Å². The van der Waals surface area contributed by atoms with E-state index in [1.54, 1.807) is 0 Å². The molecule has 2 N–H and O–H groups in total. The van der Waals surface area contributed by atoms with Crippen LogP contribution < -0.4 is 0 Å². The topological polar surface area (TPSA) is 68.2 Å². The predicted molar refractivity (Wildman–Crippen MR) is 44.1 cm³/mol. The Morgan fingerprint density at radius 2 is 2.33 bits per heavy atom. The summed E-state index contributed by atoms with van der Waals surface area (Å²) in [4.78, 5) is 17.9. The van der Waals surface area contributed by atoms with Gasteiger partial charge >= 0.3 is 70.3 Å². The van der Waals surface area contributed by atoms with Crippen molar-refractivity contribution in [2.75, 3.05) is 13.7 Å². The van der Waals surface area contributed by atoms with Gasteiger partial charge in [-0.2, -0.15) is 0 Å². The van der Waals surface area contributed by atoms with Crippen LogP contribution in [0.4, 0.5) is 0 Å². The second-order valence-electron chi connectivity index (χ2n) is 2.41. The average molecular weight is 196 g/mol. The van der Waals surface area contributed by atoms with Gasteiger partial charge in [-0.25, -0.2) is 0 Å². The van der Waals surface area contributed by atoms with Crippen LogP contribution in [-0.2, 0) is 13.8 Å². The quantitative estimate of drug-likeness (QED) is 0.513. The summed E-state index contributed by atoms with van der Waals surface area (Å²) in [5.41, 5.74) is 0. The van der Waals surface area contributed by atoms with E-state index in [9.17, 15) is 0 Å². The number of ether oxygens (including phenoxy) is 1. The van der Waals surface area contributed by atoms with E-state index in [0.29, 0.717) is 12.4 Å². The van der Waals surface area contributed by atoms with Crippen LogP contribution in [0.3, 0.4) is 0 Å². The van der Waals surface area contributed by atoms with Gasteiger partial charge in [0.15, 0.2) is 0 Å². The normalized spacial score (nSPS) is 22.4. The molecule has 12 heavy (non-hydrogen) atoms. The van der Waals surface area contributed by atoms with Crippen molar-refractivity contribution < 1.29 is 23.6 Å². The molecular formula is C6H13O5P. The Balaban J connectivity index is 2.36. The molecule has 0 atom stereocenters. The van der Waals surface area contributed by atoms with Crippen molar-refractivity contribution in [2.45, 2.75) is 12.8 Å². The first-order chi connectivity index (χ1) is 5.64. The molecule has 0 aromatic carbocycles. The predicted octanol–water partition coefficient (Wildman–Crippen LogP) is 0.696. The average Bonchev–Trinajstić information content (AvgIpc) is 2.53. The molecule has 1 rings (SSSR count). The summed E-state index contributed by atoms with van der Waals surface area (Å²) in [5, 5.41) is 0. The molecule has 0 radical (unpaired) electrons. The second kappa shape index (κ2) is 4.05. The molecule has 0 aromatic heterocycles. The molecule has 0 spiro atoms. The summed E-state index contributed by atoms with van der Waals surface area (Å²) in [6.45, 7) is 0.660. The molecule has 72 valence electrons. The van der Waals surface area contributed by atoms with Crippen LogP contribution >= 0.6 is 8.17 Å². The Morgan fingerprint density at radius 3 is 2.83 bits per heavy atom. The fraction of sp³-hybridized carbons (Fsp3) is 0.667. The Hall–Kier alpha value is -0.350. The maximum atomic E-state index is 8.93. The van der Waals surface area contributed by atoms with Crippen LogP contribution in [0.2, 0.25) is 0 Å². The monoisotopic (exact) mass is 196 g/mol. The van der Waals surface area contributed by atoms with Crippen molar-refractivity contribution in [3.05, 3.63) is 12.0 Å². The third kappa shape index (κ3) is 2.95. The Morgan fingerprint density at radius 1 is 1.58 bits per heavy atom. The second-order valence-corrected chi connectivity index (χ2v) is 4.15. The minimum absolute atomic E-state index is 0.632. The molecule has 0 unspecified atom stereocenters. The van der Waals surface area contributed by atoms with Crippen LogP contribution in [0.5, 0.6) is 0 Å². The van der Waals surface area contributed by atoms with Crippen molar-refractivity contribution >= 4 is 8.17 Å². The number of hydrogen-bond acceptors (Lipinski definition) is 5. The molecule has 0 aromatic rings. The number of hydrogen-bond donors (Lipinski definition) is 2. The first-order valence-electron chi connectivity index (χ1n) is 3.63. The summed E-state index contributed by atoms with van der Waals surface area (Å²) < 4.78 is 14.0. The molecule has 6 heteroatoms. The van der Waals surface area contributed by atoms with Crippen LogP contribution in [0.15, 0.2) is 12.0 Å². The van der Waals surface area contributed by atoms with E-state index in [2.05, 4.69) is 9.05 Å². The number of allylic oxidation sites excluding steroid dienone is 1. The van der Waals surface area contributed by atoms with Gasteiger partial charge < -0.3 is 0 Å². The minimum atomic E-state index is -3.90. The van der Waals surface area contributed by atoms with Gasteiger partial charge in [-0.3, -0.25) is 0 Å². The van der Waals surface area contributed by atoms with Crippen molar-refractivity contribution in [1.29, 1.82) is 0 Å². The Labute approximate surface area is 71.2 Å². The molecular weight excluding hydrogens is 183 g/mol. The fourth-order valence-electron chi connectivity index (χ4n) is 0.805. The maximum absolute atomic E-state index is 8.93. The van der Waals surface area contributed by atoms with E-state index in [0.717, 1.165) is 12.8 Å². The van der Waals surface area contributed by atoms with Gasteiger partial charge in [0.2, 0.25) is 0 Å². The molecule has 1 aliphatic heterocycles. The van der Waals surface area contributed by atoms with E-state index in [1.807, 2.05) is 0 Å². The molecule has 5 nitrogen and oxygen atoms in total. The van der Waals surface area contributed by atoms with Crippen molar-refractivity contribution in [3.63, 3.8) is 0 Å². The summed E-state index contributed by atoms with van der Waals surface area (Å²) >= 11 is 0. The molecule has 0 bridgehead atoms. The third-order valence-corrected chi connectivity index (χ3v) is 2.42. The zero-order chi connectivity index (χ0) is 9.03. The van der Waals surface area contributed by atoms with E-state index < -0.39 is 8.17 Å². The molecule has 1 saturated heterocycles. The molecule has 1 heterocycles. The molecule has 1 fully saturated rings. The van der Waals surface area contributed by atoms with Crippen LogP contribution in [0, 0.1) is 0 Å². The zero-order valence-electron chi connectivity index (χ0n) is 6.82. The van der Waals surface area contributed by atoms with E-state index in [4.69, 9.17) is 14.5 Å². The van der Waals surface area contributed by atoms with Gasteiger partial charge in [-0.05, 0) is 0 Å². The van der Waals surface area contributed by atoms with Gasteiger partial charge in [0.25, 0.3) is 0 Å². The molecule has 0 aliphatic carbocycles. The third-order valence-electron chi connectivity index (χ3n) is 1.46. The summed E-state index contributed by atoms with van der Waals surface area (Å²) in [6, 6.07) is 0. The molecule has 0 saturated carbocycles. The SMILES string of the molecule is CO[PH](O)(O)O/C=C1\CCCO1. The van der Waals surface area contributed by atoms with Crippen molar-refractivity contribution in [1.82, 2.24) is 0 Å². The van der Waals surface area contributed by atoms with Crippen LogP contribution in [-0.4, -0.2) is 23.5 Å². The van der Waals surface area contributed by atoms with Crippen LogP contribution in [0.25, 0.3) is 0 Å².